The maximum absolute atomic E-state index is 14.2. The first-order valence-corrected chi connectivity index (χ1v) is 24.3. The third kappa shape index (κ3) is 12.4. The topological polar surface area (TPSA) is 91.2 Å². The summed E-state index contributed by atoms with van der Waals surface area (Å²) < 4.78 is 25.8. The average molecular weight is 965 g/mol. The van der Waals surface area contributed by atoms with Crippen LogP contribution in [0.15, 0.2) is 176 Å². The van der Waals surface area contributed by atoms with Gasteiger partial charge in [-0.2, -0.15) is 0 Å². The molecule has 9 rings (SSSR count). The predicted octanol–water partition coefficient (Wildman–Crippen LogP) is 12.4. The summed E-state index contributed by atoms with van der Waals surface area (Å²) in [6.45, 7) is 1.41. The van der Waals surface area contributed by atoms with Gasteiger partial charge >= 0.3 is 0 Å². The fourth-order valence-electron chi connectivity index (χ4n) is 9.76. The number of halogens is 1. The van der Waals surface area contributed by atoms with Crippen molar-refractivity contribution in [2.75, 3.05) is 55.5 Å². The van der Waals surface area contributed by atoms with Gasteiger partial charge in [0.05, 0.1) is 36.5 Å². The molecule has 0 radical (unpaired) electrons. The van der Waals surface area contributed by atoms with Crippen molar-refractivity contribution in [2.24, 2.45) is 0 Å². The van der Waals surface area contributed by atoms with E-state index >= 15 is 0 Å². The number of hydrogen-bond donors (Lipinski definition) is 2. The molecule has 2 N–H and O–H groups in total. The number of pyridine rings is 2. The van der Waals surface area contributed by atoms with E-state index in [0.717, 1.165) is 72.5 Å². The van der Waals surface area contributed by atoms with Gasteiger partial charge in [0, 0.05) is 60.7 Å². The van der Waals surface area contributed by atoms with Crippen molar-refractivity contribution in [3.63, 3.8) is 0 Å². The smallest absolute Gasteiger partial charge is 0.217 e. The van der Waals surface area contributed by atoms with Gasteiger partial charge in [-0.05, 0) is 109 Å². The molecule has 0 bridgehead atoms. The highest BCUT2D eigenvalue weighted by atomic mass is 19.1. The molecule has 0 aliphatic rings. The van der Waals surface area contributed by atoms with Crippen LogP contribution in [-0.2, 0) is 36.9 Å². The highest BCUT2D eigenvalue weighted by Gasteiger charge is 2.35. The number of aromatic nitrogens is 2. The van der Waals surface area contributed by atoms with Crippen LogP contribution in [0.4, 0.5) is 4.39 Å². The molecule has 2 atom stereocenters. The van der Waals surface area contributed by atoms with E-state index < -0.39 is 11.2 Å². The molecule has 0 aliphatic carbocycles. The zero-order valence-electron chi connectivity index (χ0n) is 41.8. The molecular weight excluding hydrogens is 896 g/mol. The van der Waals surface area contributed by atoms with Gasteiger partial charge in [0.15, 0.2) is 0 Å². The second-order valence-electron chi connectivity index (χ2n) is 19.1. The first kappa shape index (κ1) is 52.8. The monoisotopic (exact) mass is 965 g/mol. The van der Waals surface area contributed by atoms with E-state index in [4.69, 9.17) is 19.4 Å². The lowest BCUT2D eigenvalue weighted by atomic mass is 9.79. The highest BCUT2D eigenvalue weighted by molar-refractivity contribution is 5.88. The van der Waals surface area contributed by atoms with Crippen molar-refractivity contribution in [3.8, 4) is 11.8 Å². The molecular formula is C63H69FN4O4. The van der Waals surface area contributed by atoms with E-state index in [1.807, 2.05) is 97.9 Å². The molecule has 0 fully saturated rings. The van der Waals surface area contributed by atoms with Crippen LogP contribution in [0.25, 0.3) is 32.6 Å². The van der Waals surface area contributed by atoms with E-state index in [0.29, 0.717) is 62.4 Å². The zero-order chi connectivity index (χ0) is 50.0. The lowest BCUT2D eigenvalue weighted by Gasteiger charge is -2.33. The van der Waals surface area contributed by atoms with Crippen LogP contribution in [0, 0.1) is 5.82 Å². The van der Waals surface area contributed by atoms with Gasteiger partial charge in [0.2, 0.25) is 11.8 Å². The van der Waals surface area contributed by atoms with Crippen LogP contribution >= 0.6 is 0 Å². The van der Waals surface area contributed by atoms with E-state index in [9.17, 15) is 14.6 Å². The zero-order valence-corrected chi connectivity index (χ0v) is 41.8. The molecule has 2 heterocycles. The summed E-state index contributed by atoms with van der Waals surface area (Å²) in [6.07, 6.45) is 3.10. The summed E-state index contributed by atoms with van der Waals surface area (Å²) in [4.78, 5) is 13.8. The summed E-state index contributed by atoms with van der Waals surface area (Å²) in [6, 6.07) is 57.5. The number of hydrogen-bond acceptors (Lipinski definition) is 8. The molecule has 0 spiro atoms. The number of ether oxygens (including phenoxy) is 2. The fraction of sp³-hybridized carbons (Fsp3) is 0.270. The molecule has 0 aliphatic heterocycles. The Morgan fingerprint density at radius 1 is 0.486 bits per heavy atom. The van der Waals surface area contributed by atoms with E-state index in [-0.39, 0.29) is 13.2 Å². The van der Waals surface area contributed by atoms with Gasteiger partial charge in [-0.3, -0.25) is 0 Å². The van der Waals surface area contributed by atoms with Gasteiger partial charge in [-0.25, -0.2) is 14.4 Å². The summed E-state index contributed by atoms with van der Waals surface area (Å²) in [5.41, 5.74) is 7.17. The molecule has 2 unspecified atom stereocenters. The molecule has 9 heteroatoms. The standard InChI is InChI=1S/C33H34N2O2.C29H31FN2O2.CH4/c1-35(2)21-20-33(36,30-18-11-15-25-14-7-8-16-26(25)30)23-29-27-17-9-10-19-31(27)34-32(37-3)28(29)22-24-12-5-4-6-13-24;1-32(2)17-16-29(33,22-12-9-13-23(30)19-22)20-26-24-14-7-8-15-27(24)31-28(34-3)25(26)18-21-10-5-4-6-11-21;/h4-19,36H,20-23H2,1-3H3;4-15,19,33H,16-18,20H2,1-3H3;1H4. The van der Waals surface area contributed by atoms with Crippen LogP contribution in [0.5, 0.6) is 11.8 Å². The lowest BCUT2D eigenvalue weighted by molar-refractivity contribution is 0.0209. The minimum atomic E-state index is -1.27. The maximum atomic E-state index is 14.2. The molecule has 0 amide bonds. The maximum Gasteiger partial charge on any atom is 0.217 e. The minimum absolute atomic E-state index is 0. The molecule has 2 aromatic heterocycles. The average Bonchev–Trinajstić information content (AvgIpc) is 3.39. The van der Waals surface area contributed by atoms with Gasteiger partial charge in [-0.1, -0.05) is 159 Å². The Morgan fingerprint density at radius 2 is 0.917 bits per heavy atom. The van der Waals surface area contributed by atoms with Crippen molar-refractivity contribution in [1.82, 2.24) is 19.8 Å². The number of aliphatic hydroxyl groups is 2. The van der Waals surface area contributed by atoms with Crippen molar-refractivity contribution in [1.29, 1.82) is 0 Å². The molecule has 9 aromatic rings. The lowest BCUT2D eigenvalue weighted by Crippen LogP contribution is -2.33. The van der Waals surface area contributed by atoms with Crippen LogP contribution in [0.1, 0.15) is 64.8 Å². The number of benzene rings is 7. The second-order valence-corrected chi connectivity index (χ2v) is 19.1. The molecule has 7 aromatic carbocycles. The Hall–Kier alpha value is -7.01. The summed E-state index contributed by atoms with van der Waals surface area (Å²) in [5.74, 6) is 0.805. The van der Waals surface area contributed by atoms with Gasteiger partial charge in [0.25, 0.3) is 0 Å². The molecule has 8 nitrogen and oxygen atoms in total. The number of rotatable bonds is 18. The first-order valence-electron chi connectivity index (χ1n) is 24.3. The quantitative estimate of drug-likeness (QED) is 0.0879. The number of methoxy groups -OCH3 is 2. The van der Waals surface area contributed by atoms with Crippen LogP contribution in [0.3, 0.4) is 0 Å². The van der Waals surface area contributed by atoms with Crippen molar-refractivity contribution in [2.45, 2.75) is 57.2 Å². The minimum Gasteiger partial charge on any atom is -0.481 e. The second kappa shape index (κ2) is 23.9. The van der Waals surface area contributed by atoms with Crippen molar-refractivity contribution >= 4 is 32.6 Å². The molecule has 372 valence electrons. The first-order chi connectivity index (χ1) is 34.4. The normalized spacial score (nSPS) is 13.0. The van der Waals surface area contributed by atoms with Crippen LogP contribution in [-0.4, -0.2) is 85.5 Å². The van der Waals surface area contributed by atoms with Gasteiger partial charge in [0.1, 0.15) is 5.82 Å². The third-order valence-corrected chi connectivity index (χ3v) is 13.5. The van der Waals surface area contributed by atoms with Crippen molar-refractivity contribution < 1.29 is 24.1 Å². The Kier molecular flexibility index (Phi) is 17.6. The largest absolute Gasteiger partial charge is 0.481 e. The third-order valence-electron chi connectivity index (χ3n) is 13.5. The summed E-state index contributed by atoms with van der Waals surface area (Å²) in [7, 11) is 11.3. The fourth-order valence-corrected chi connectivity index (χ4v) is 9.76. The SMILES string of the molecule is C.COc1nc2ccccc2c(CC(O)(CCN(C)C)c2cccc(F)c2)c1Cc1ccccc1.COc1nc2ccccc2c(CC(O)(CCN(C)C)c2cccc3ccccc23)c1Cc1ccccc1. The van der Waals surface area contributed by atoms with Crippen LogP contribution in [0.2, 0.25) is 0 Å². The summed E-state index contributed by atoms with van der Waals surface area (Å²) in [5, 5.41) is 28.9. The Balaban J connectivity index is 0.000000209. The van der Waals surface area contributed by atoms with E-state index in [1.54, 1.807) is 26.4 Å². The number of fused-ring (bicyclic) bond motifs is 3. The predicted molar refractivity (Wildman–Crippen MR) is 294 cm³/mol. The van der Waals surface area contributed by atoms with Crippen molar-refractivity contribution in [3.05, 3.63) is 226 Å². The molecule has 0 saturated carbocycles. The Morgan fingerprint density at radius 3 is 1.42 bits per heavy atom. The van der Waals surface area contributed by atoms with E-state index in [2.05, 4.69) is 91.8 Å². The van der Waals surface area contributed by atoms with E-state index in [1.165, 1.54) is 17.7 Å². The number of para-hydroxylation sites is 2. The summed E-state index contributed by atoms with van der Waals surface area (Å²) >= 11 is 0. The van der Waals surface area contributed by atoms with Gasteiger partial charge < -0.3 is 29.5 Å². The molecule has 0 saturated heterocycles. The van der Waals surface area contributed by atoms with Crippen LogP contribution < -0.4 is 9.47 Å². The highest BCUT2D eigenvalue weighted by Crippen LogP contribution is 2.41. The molecule has 72 heavy (non-hydrogen) atoms. The Labute approximate surface area is 425 Å². The number of nitrogens with zero attached hydrogens (tertiary/aromatic N) is 4. The Bertz CT molecular complexity index is 3200. The van der Waals surface area contributed by atoms with Gasteiger partial charge in [-0.15, -0.1) is 0 Å².